The first kappa shape index (κ1) is 39.9. The number of imidazole rings is 1. The summed E-state index contributed by atoms with van der Waals surface area (Å²) in [7, 11) is 0. The van der Waals surface area contributed by atoms with E-state index in [1.54, 1.807) is 60.6 Å². The number of nitrogens with two attached hydrogens (primary N) is 1. The van der Waals surface area contributed by atoms with Crippen LogP contribution in [0.15, 0.2) is 84.1 Å². The van der Waals surface area contributed by atoms with Crippen LogP contribution in [-0.2, 0) is 9.59 Å². The number of aromatic nitrogens is 4. The van der Waals surface area contributed by atoms with Crippen molar-refractivity contribution in [3.05, 3.63) is 102 Å². The number of piperidine rings is 1. The van der Waals surface area contributed by atoms with Gasteiger partial charge in [-0.3, -0.25) is 43.5 Å². The third kappa shape index (κ3) is 8.48. The Balaban J connectivity index is 0.791. The average Bonchev–Trinajstić information content (AvgIpc) is 3.94. The second-order valence-corrected chi connectivity index (χ2v) is 16.4. The molecule has 2 saturated heterocycles. The van der Waals surface area contributed by atoms with Crippen LogP contribution in [0.5, 0.6) is 0 Å². The molecule has 5 aromatic rings. The molecule has 6 heterocycles. The lowest BCUT2D eigenvalue weighted by Gasteiger charge is -2.27. The summed E-state index contributed by atoms with van der Waals surface area (Å²) in [5.41, 5.74) is 10.0. The molecule has 3 aliphatic heterocycles. The van der Waals surface area contributed by atoms with E-state index in [-0.39, 0.29) is 30.7 Å². The number of thioether (sulfide) groups is 1. The van der Waals surface area contributed by atoms with Crippen molar-refractivity contribution in [3.8, 4) is 11.3 Å². The van der Waals surface area contributed by atoms with Crippen LogP contribution in [0.3, 0.4) is 0 Å². The van der Waals surface area contributed by atoms with Gasteiger partial charge in [0.25, 0.3) is 17.7 Å². The summed E-state index contributed by atoms with van der Waals surface area (Å²) in [4.78, 5) is 81.5. The molecule has 5 amide bonds. The van der Waals surface area contributed by atoms with Gasteiger partial charge in [-0.2, -0.15) is 0 Å². The van der Waals surface area contributed by atoms with Gasteiger partial charge in [-0.15, -0.1) is 11.8 Å². The van der Waals surface area contributed by atoms with Crippen LogP contribution in [-0.4, -0.2) is 83.6 Å². The number of pyridine rings is 1. The van der Waals surface area contributed by atoms with E-state index < -0.39 is 23.8 Å². The lowest BCUT2D eigenvalue weighted by atomic mass is 10.0. The monoisotopic (exact) mass is 813 g/mol. The first-order valence-electron chi connectivity index (χ1n) is 20.4. The van der Waals surface area contributed by atoms with Gasteiger partial charge in [0.2, 0.25) is 11.8 Å². The maximum Gasteiger partial charge on any atom is 0.263 e. The van der Waals surface area contributed by atoms with E-state index in [2.05, 4.69) is 29.9 Å². The molecule has 2 atom stereocenters. The van der Waals surface area contributed by atoms with Crippen molar-refractivity contribution in [3.63, 3.8) is 0 Å². The maximum absolute atomic E-state index is 13.4. The summed E-state index contributed by atoms with van der Waals surface area (Å²) < 4.78 is 2.08. The summed E-state index contributed by atoms with van der Waals surface area (Å²) >= 11 is 1.58. The molecule has 0 spiro atoms. The zero-order valence-electron chi connectivity index (χ0n) is 32.8. The number of unbranched alkanes of at least 4 members (excludes halogenated alkanes) is 6. The van der Waals surface area contributed by atoms with E-state index in [9.17, 15) is 24.0 Å². The predicted molar refractivity (Wildman–Crippen MR) is 225 cm³/mol. The number of anilines is 2. The molecule has 8 rings (SSSR count). The number of rotatable bonds is 16. The highest BCUT2D eigenvalue weighted by atomic mass is 32.2. The van der Waals surface area contributed by atoms with Gasteiger partial charge in [0, 0.05) is 41.0 Å². The Bertz CT molecular complexity index is 2390. The van der Waals surface area contributed by atoms with Crippen molar-refractivity contribution in [2.75, 3.05) is 29.9 Å². The number of benzene rings is 2. The zero-order valence-corrected chi connectivity index (χ0v) is 33.6. The highest BCUT2D eigenvalue weighted by Gasteiger charge is 2.45. The molecule has 3 aliphatic rings. The van der Waals surface area contributed by atoms with Gasteiger partial charge in [-0.1, -0.05) is 56.4 Å². The Morgan fingerprint density at radius 1 is 0.847 bits per heavy atom. The van der Waals surface area contributed by atoms with Gasteiger partial charge < -0.3 is 11.1 Å². The summed E-state index contributed by atoms with van der Waals surface area (Å²) in [6, 6.07) is 17.2. The molecule has 15 heteroatoms. The van der Waals surface area contributed by atoms with Crippen LogP contribution in [0, 0.1) is 0 Å². The van der Waals surface area contributed by atoms with Gasteiger partial charge in [-0.05, 0) is 87.3 Å². The third-order valence-electron chi connectivity index (χ3n) is 11.4. The minimum absolute atomic E-state index is 0.0980. The molecule has 1 unspecified atom stereocenters. The average molecular weight is 814 g/mol. The number of fused-ring (bicyclic) bond motifs is 2. The van der Waals surface area contributed by atoms with Crippen molar-refractivity contribution >= 4 is 58.5 Å². The second kappa shape index (κ2) is 17.9. The van der Waals surface area contributed by atoms with Crippen molar-refractivity contribution in [2.45, 2.75) is 87.6 Å². The van der Waals surface area contributed by atoms with Crippen molar-refractivity contribution in [1.29, 1.82) is 0 Å². The highest BCUT2D eigenvalue weighted by Crippen LogP contribution is 2.37. The van der Waals surface area contributed by atoms with Crippen LogP contribution >= 0.6 is 11.8 Å². The smallest absolute Gasteiger partial charge is 0.263 e. The molecule has 0 bridgehead atoms. The second-order valence-electron chi connectivity index (χ2n) is 15.2. The Morgan fingerprint density at radius 3 is 2.42 bits per heavy atom. The number of carbonyl (C=O) groups is 5. The molecule has 4 N–H and O–H groups in total. The first-order chi connectivity index (χ1) is 28.8. The molecule has 3 aromatic heterocycles. The Hall–Kier alpha value is -5.93. The minimum Gasteiger partial charge on any atom is -0.382 e. The Kier molecular flexibility index (Phi) is 12.1. The molecular formula is C44H47N9O5S. The maximum atomic E-state index is 13.4. The zero-order chi connectivity index (χ0) is 40.9. The number of hydrogen-bond donors (Lipinski definition) is 3. The fraction of sp³-hybridized carbons (Fsp3) is 0.364. The standard InChI is InChI=1S/C44H47N9O5S/c45-39-38-37(28-16-18-29(19-17-28)41(55)48-34-15-6-7-22-46-34)50-40(52(38)26-23-47-39)31-13-11-25-51(31)24-8-4-2-1-3-5-9-27-59-33-14-10-12-30-36(33)44(58)53(43(30)57)32-20-21-35(54)49-42(32)56/h6-7,10,12,14-19,22-23,26,31-32H,1-5,8-9,11,13,20-21,24-25,27H2,(H2,45,47)(H,46,48,55)(H,49,54,56)/t31-,32?/m0/s1. The van der Waals surface area contributed by atoms with E-state index in [4.69, 9.17) is 10.7 Å². The minimum atomic E-state index is -0.963. The van der Waals surface area contributed by atoms with Crippen molar-refractivity contribution < 1.29 is 24.0 Å². The number of amides is 5. The molecule has 59 heavy (non-hydrogen) atoms. The number of carbonyl (C=O) groups excluding carboxylic acids is 5. The number of hydrogen-bond acceptors (Lipinski definition) is 11. The SMILES string of the molecule is Nc1nccn2c([C@@H]3CCCN3CCCCCCCCCSc3cccc4c3C(=O)N(C3CCC(=O)NC3=O)C4=O)nc(-c3ccc(C(=O)Nc4ccccn4)cc3)c12. The molecule has 0 aliphatic carbocycles. The molecule has 2 fully saturated rings. The van der Waals surface area contributed by atoms with Gasteiger partial charge in [0.05, 0.1) is 17.2 Å². The molecular weight excluding hydrogens is 767 g/mol. The van der Waals surface area contributed by atoms with Crippen molar-refractivity contribution in [2.24, 2.45) is 0 Å². The summed E-state index contributed by atoms with van der Waals surface area (Å²) in [6.07, 6.45) is 15.4. The van der Waals surface area contributed by atoms with E-state index >= 15 is 0 Å². The van der Waals surface area contributed by atoms with Crippen LogP contribution in [0.4, 0.5) is 11.6 Å². The van der Waals surface area contributed by atoms with Gasteiger partial charge in [-0.25, -0.2) is 15.0 Å². The van der Waals surface area contributed by atoms with Gasteiger partial charge >= 0.3 is 0 Å². The van der Waals surface area contributed by atoms with E-state index in [0.717, 1.165) is 103 Å². The van der Waals surface area contributed by atoms with Crippen LogP contribution < -0.4 is 16.4 Å². The number of nitrogens with zero attached hydrogens (tertiary/aromatic N) is 6. The number of nitrogens with one attached hydrogen (secondary N) is 2. The number of imide groups is 2. The lowest BCUT2D eigenvalue weighted by molar-refractivity contribution is -0.136. The van der Waals surface area contributed by atoms with Crippen LogP contribution in [0.25, 0.3) is 16.8 Å². The Morgan fingerprint density at radius 2 is 1.64 bits per heavy atom. The number of nitrogen functional groups attached to an aromatic ring is 1. The third-order valence-corrected chi connectivity index (χ3v) is 12.5. The van der Waals surface area contributed by atoms with Crippen LogP contribution in [0.2, 0.25) is 0 Å². The normalized spacial score (nSPS) is 18.1. The van der Waals surface area contributed by atoms with Crippen LogP contribution in [0.1, 0.15) is 114 Å². The molecule has 0 radical (unpaired) electrons. The fourth-order valence-electron chi connectivity index (χ4n) is 8.40. The molecule has 2 aromatic carbocycles. The van der Waals surface area contributed by atoms with Crippen molar-refractivity contribution in [1.82, 2.24) is 34.5 Å². The Labute approximate surface area is 346 Å². The topological polar surface area (TPSA) is 185 Å². The molecule has 304 valence electrons. The quantitative estimate of drug-likeness (QED) is 0.0548. The summed E-state index contributed by atoms with van der Waals surface area (Å²) in [5.74, 6) is 0.534. The van der Waals surface area contributed by atoms with Gasteiger partial charge in [0.1, 0.15) is 34.7 Å². The van der Waals surface area contributed by atoms with E-state index in [1.165, 1.54) is 6.42 Å². The highest BCUT2D eigenvalue weighted by molar-refractivity contribution is 7.99. The molecule has 14 nitrogen and oxygen atoms in total. The lowest BCUT2D eigenvalue weighted by Crippen LogP contribution is -2.54. The summed E-state index contributed by atoms with van der Waals surface area (Å²) in [6.45, 7) is 2.02. The largest absolute Gasteiger partial charge is 0.382 e. The first-order valence-corrected chi connectivity index (χ1v) is 21.4. The van der Waals surface area contributed by atoms with E-state index in [1.807, 2.05) is 30.5 Å². The number of likely N-dealkylation sites (tertiary alicyclic amines) is 1. The molecule has 0 saturated carbocycles. The van der Waals surface area contributed by atoms with E-state index in [0.29, 0.717) is 28.3 Å². The predicted octanol–water partition coefficient (Wildman–Crippen LogP) is 6.69. The van der Waals surface area contributed by atoms with Gasteiger partial charge in [0.15, 0.2) is 0 Å². The fourth-order valence-corrected chi connectivity index (χ4v) is 9.49. The summed E-state index contributed by atoms with van der Waals surface area (Å²) in [5, 5.41) is 5.08.